The summed E-state index contributed by atoms with van der Waals surface area (Å²) in [5.74, 6) is 0. The Morgan fingerprint density at radius 1 is 1.83 bits per heavy atom. The molecular formula is C3H9O2P. The van der Waals surface area contributed by atoms with Crippen molar-refractivity contribution >= 4 is 8.03 Å². The van der Waals surface area contributed by atoms with Gasteiger partial charge < -0.3 is 4.89 Å². The quantitative estimate of drug-likeness (QED) is 0.533. The van der Waals surface area contributed by atoms with Gasteiger partial charge in [0.05, 0.1) is 0 Å². The summed E-state index contributed by atoms with van der Waals surface area (Å²) in [6, 6.07) is 0. The molecule has 0 aliphatic heterocycles. The zero-order valence-corrected chi connectivity index (χ0v) is 4.77. The Hall–Kier alpha value is 0.190. The van der Waals surface area contributed by atoms with Crippen molar-refractivity contribution in [1.29, 1.82) is 0 Å². The molecule has 0 saturated heterocycles. The van der Waals surface area contributed by atoms with Crippen LogP contribution in [0.5, 0.6) is 0 Å². The molecule has 0 aliphatic carbocycles. The van der Waals surface area contributed by atoms with Crippen LogP contribution >= 0.6 is 8.03 Å². The average Bonchev–Trinajstić information content (AvgIpc) is 1.35. The monoisotopic (exact) mass is 108 g/mol. The molecule has 38 valence electrons. The smallest absolute Gasteiger partial charge is 0.189 e. The van der Waals surface area contributed by atoms with Gasteiger partial charge >= 0.3 is 0 Å². The van der Waals surface area contributed by atoms with E-state index in [4.69, 9.17) is 4.89 Å². The third-order valence-corrected chi connectivity index (χ3v) is 1.39. The lowest BCUT2D eigenvalue weighted by Crippen LogP contribution is -1.67. The van der Waals surface area contributed by atoms with E-state index in [1.54, 1.807) is 0 Å². The van der Waals surface area contributed by atoms with Crippen LogP contribution in [0.1, 0.15) is 13.3 Å². The van der Waals surface area contributed by atoms with Gasteiger partial charge in [-0.25, -0.2) is 0 Å². The molecule has 1 unspecified atom stereocenters. The zero-order chi connectivity index (χ0) is 4.99. The number of hydrogen-bond donors (Lipinski definition) is 1. The first-order valence-electron chi connectivity index (χ1n) is 1.99. The summed E-state index contributed by atoms with van der Waals surface area (Å²) in [5.41, 5.74) is 0. The molecule has 0 saturated carbocycles. The molecule has 0 bridgehead atoms. The zero-order valence-electron chi connectivity index (χ0n) is 3.77. The fraction of sp³-hybridized carbons (Fsp3) is 1.00. The summed E-state index contributed by atoms with van der Waals surface area (Å²) in [6.45, 7) is 1.89. The molecule has 0 amide bonds. The summed E-state index contributed by atoms with van der Waals surface area (Å²) < 4.78 is 9.78. The summed E-state index contributed by atoms with van der Waals surface area (Å²) >= 11 is 0. The highest BCUT2D eigenvalue weighted by atomic mass is 31.1. The summed E-state index contributed by atoms with van der Waals surface area (Å²) in [7, 11) is -2.14. The van der Waals surface area contributed by atoms with Crippen LogP contribution in [0.4, 0.5) is 0 Å². The van der Waals surface area contributed by atoms with Gasteiger partial charge in [-0.15, -0.1) is 0 Å². The van der Waals surface area contributed by atoms with E-state index >= 15 is 0 Å². The molecule has 6 heavy (non-hydrogen) atoms. The van der Waals surface area contributed by atoms with Crippen LogP contribution in [-0.2, 0) is 4.57 Å². The SMILES string of the molecule is CCC[PH](=O)O. The van der Waals surface area contributed by atoms with E-state index in [9.17, 15) is 4.57 Å². The molecule has 0 spiro atoms. The predicted molar refractivity (Wildman–Crippen MR) is 26.4 cm³/mol. The minimum absolute atomic E-state index is 0.477. The molecule has 3 heteroatoms. The van der Waals surface area contributed by atoms with Gasteiger partial charge in [0.1, 0.15) is 0 Å². The van der Waals surface area contributed by atoms with E-state index in [1.165, 1.54) is 0 Å². The molecule has 0 heterocycles. The summed E-state index contributed by atoms with van der Waals surface area (Å²) in [4.78, 5) is 8.10. The summed E-state index contributed by atoms with van der Waals surface area (Å²) in [5, 5.41) is 0. The Morgan fingerprint density at radius 2 is 2.33 bits per heavy atom. The third-order valence-electron chi connectivity index (χ3n) is 0.464. The van der Waals surface area contributed by atoms with E-state index < -0.39 is 8.03 Å². The minimum atomic E-state index is -2.14. The molecule has 0 fully saturated rings. The molecule has 0 aliphatic rings. The predicted octanol–water partition coefficient (Wildman–Crippen LogP) is 0.863. The molecule has 1 atom stereocenters. The van der Waals surface area contributed by atoms with Crippen molar-refractivity contribution < 1.29 is 9.46 Å². The Kier molecular flexibility index (Phi) is 3.49. The van der Waals surface area contributed by atoms with Crippen LogP contribution < -0.4 is 0 Å². The maximum atomic E-state index is 9.78. The van der Waals surface area contributed by atoms with Gasteiger partial charge in [0.25, 0.3) is 0 Å². The normalized spacial score (nSPS) is 14.3. The van der Waals surface area contributed by atoms with Gasteiger partial charge in [0.15, 0.2) is 8.03 Å². The van der Waals surface area contributed by atoms with Gasteiger partial charge in [-0.05, 0) is 6.42 Å². The Bertz CT molecular complexity index is 52.8. The van der Waals surface area contributed by atoms with Crippen LogP contribution in [0, 0.1) is 0 Å². The Labute approximate surface area is 38.1 Å². The van der Waals surface area contributed by atoms with Crippen molar-refractivity contribution in [1.82, 2.24) is 0 Å². The largest absolute Gasteiger partial charge is 0.346 e. The first-order chi connectivity index (χ1) is 2.77. The van der Waals surface area contributed by atoms with E-state index in [0.29, 0.717) is 6.16 Å². The number of hydrogen-bond acceptors (Lipinski definition) is 1. The highest BCUT2D eigenvalue weighted by molar-refractivity contribution is 7.37. The summed E-state index contributed by atoms with van der Waals surface area (Å²) in [6.07, 6.45) is 1.29. The lowest BCUT2D eigenvalue weighted by molar-refractivity contribution is 0.502. The van der Waals surface area contributed by atoms with Crippen molar-refractivity contribution in [3.63, 3.8) is 0 Å². The molecule has 1 N–H and O–H groups in total. The van der Waals surface area contributed by atoms with E-state index in [2.05, 4.69) is 0 Å². The highest BCUT2D eigenvalue weighted by Crippen LogP contribution is 2.12. The second-order valence-corrected chi connectivity index (χ2v) is 2.43. The third kappa shape index (κ3) is 4.19. The first kappa shape index (κ1) is 6.19. The topological polar surface area (TPSA) is 37.3 Å². The second kappa shape index (κ2) is 3.38. The highest BCUT2D eigenvalue weighted by Gasteiger charge is 1.83. The first-order valence-corrected chi connectivity index (χ1v) is 3.55. The molecule has 0 radical (unpaired) electrons. The van der Waals surface area contributed by atoms with Gasteiger partial charge in [0.2, 0.25) is 0 Å². The van der Waals surface area contributed by atoms with Crippen molar-refractivity contribution in [2.75, 3.05) is 6.16 Å². The van der Waals surface area contributed by atoms with Crippen molar-refractivity contribution in [2.45, 2.75) is 13.3 Å². The van der Waals surface area contributed by atoms with Crippen LogP contribution in [0.25, 0.3) is 0 Å². The van der Waals surface area contributed by atoms with Gasteiger partial charge in [-0.2, -0.15) is 0 Å². The second-order valence-electron chi connectivity index (χ2n) is 1.14. The molecule has 0 aromatic heterocycles. The molecule has 0 aromatic carbocycles. The van der Waals surface area contributed by atoms with E-state index in [0.717, 1.165) is 6.42 Å². The maximum Gasteiger partial charge on any atom is 0.189 e. The Balaban J connectivity index is 2.83. The van der Waals surface area contributed by atoms with Gasteiger partial charge in [-0.1, -0.05) is 6.92 Å². The Morgan fingerprint density at radius 3 is 2.33 bits per heavy atom. The van der Waals surface area contributed by atoms with Crippen molar-refractivity contribution in [2.24, 2.45) is 0 Å². The molecule has 2 nitrogen and oxygen atoms in total. The van der Waals surface area contributed by atoms with Crippen molar-refractivity contribution in [3.8, 4) is 0 Å². The standard InChI is InChI=1S/C3H9O2P/c1-2-3-6(4)5/h6H,2-3H2,1H3,(H,4,5). The van der Waals surface area contributed by atoms with Gasteiger partial charge in [-0.3, -0.25) is 4.57 Å². The molecular weight excluding hydrogens is 99.0 g/mol. The molecule has 0 rings (SSSR count). The van der Waals surface area contributed by atoms with Crippen LogP contribution in [-0.4, -0.2) is 11.1 Å². The fourth-order valence-corrected chi connectivity index (χ4v) is 0.642. The van der Waals surface area contributed by atoms with E-state index in [1.807, 2.05) is 6.92 Å². The lowest BCUT2D eigenvalue weighted by Gasteiger charge is -1.82. The van der Waals surface area contributed by atoms with Crippen LogP contribution in [0.15, 0.2) is 0 Å². The maximum absolute atomic E-state index is 9.78. The fourth-order valence-electron chi connectivity index (χ4n) is 0.214. The number of rotatable bonds is 2. The molecule has 0 aromatic rings. The lowest BCUT2D eigenvalue weighted by atomic mass is 10.6. The van der Waals surface area contributed by atoms with Crippen LogP contribution in [0.2, 0.25) is 0 Å². The van der Waals surface area contributed by atoms with E-state index in [-0.39, 0.29) is 0 Å². The average molecular weight is 108 g/mol. The van der Waals surface area contributed by atoms with Gasteiger partial charge in [0, 0.05) is 6.16 Å². The van der Waals surface area contributed by atoms with Crippen molar-refractivity contribution in [3.05, 3.63) is 0 Å². The van der Waals surface area contributed by atoms with Crippen LogP contribution in [0.3, 0.4) is 0 Å². The minimum Gasteiger partial charge on any atom is -0.346 e.